The predicted molar refractivity (Wildman–Crippen MR) is 97.6 cm³/mol. The van der Waals surface area contributed by atoms with E-state index in [0.717, 1.165) is 31.5 Å². The van der Waals surface area contributed by atoms with Gasteiger partial charge in [-0.15, -0.1) is 0 Å². The fraction of sp³-hybridized carbons (Fsp3) is 0.350. The van der Waals surface area contributed by atoms with E-state index in [9.17, 15) is 13.6 Å². The van der Waals surface area contributed by atoms with Crippen molar-refractivity contribution in [2.24, 2.45) is 0 Å². The zero-order valence-corrected chi connectivity index (χ0v) is 14.6. The van der Waals surface area contributed by atoms with Crippen LogP contribution in [0, 0.1) is 11.6 Å². The molecule has 1 N–H and O–H groups in total. The van der Waals surface area contributed by atoms with Gasteiger partial charge in [-0.1, -0.05) is 12.1 Å². The summed E-state index contributed by atoms with van der Waals surface area (Å²) in [5, 5.41) is 2.65. The smallest absolute Gasteiger partial charge is 0.306 e. The second-order valence-corrected chi connectivity index (χ2v) is 7.24. The summed E-state index contributed by atoms with van der Waals surface area (Å²) in [7, 11) is 2.07. The number of rotatable bonds is 1. The highest BCUT2D eigenvalue weighted by atomic mass is 19.1. The minimum atomic E-state index is -0.478. The molecule has 1 saturated heterocycles. The minimum Gasteiger partial charge on any atom is -0.306 e. The first-order valence-electron chi connectivity index (χ1n) is 8.80. The summed E-state index contributed by atoms with van der Waals surface area (Å²) in [6.07, 6.45) is 1.73. The third kappa shape index (κ3) is 2.84. The Morgan fingerprint density at radius 1 is 1.12 bits per heavy atom. The van der Waals surface area contributed by atoms with Gasteiger partial charge in [0.05, 0.1) is 5.69 Å². The molecule has 0 unspecified atom stereocenters. The molecule has 1 fully saturated rings. The Hall–Kier alpha value is -2.47. The number of nitrogens with one attached hydrogen (secondary N) is 1. The molecule has 6 heteroatoms. The Balaban J connectivity index is 1.66. The number of nitrogens with zero attached hydrogens (tertiary/aromatic N) is 2. The molecular weight excluding hydrogens is 336 g/mol. The van der Waals surface area contributed by atoms with Gasteiger partial charge in [0, 0.05) is 17.6 Å². The van der Waals surface area contributed by atoms with Gasteiger partial charge in [-0.2, -0.15) is 0 Å². The zero-order chi connectivity index (χ0) is 18.3. The van der Waals surface area contributed by atoms with Gasteiger partial charge in [0.1, 0.15) is 11.6 Å². The number of anilines is 2. The maximum Gasteiger partial charge on any atom is 0.326 e. The van der Waals surface area contributed by atoms with Crippen molar-refractivity contribution >= 4 is 17.4 Å². The molecule has 2 aliphatic heterocycles. The standard InChI is InChI=1S/C20H21F2N3O/c1-24-10-8-20(9-11-24)13-25(18-7-6-14(21)12-15(18)20)19(26)23-17-5-3-2-4-16(17)22/h2-7,12H,8-11,13H2,1H3,(H,23,26). The zero-order valence-electron chi connectivity index (χ0n) is 14.6. The van der Waals surface area contributed by atoms with Gasteiger partial charge in [-0.05, 0) is 68.9 Å². The normalized spacial score (nSPS) is 18.8. The molecule has 2 aromatic carbocycles. The van der Waals surface area contributed by atoms with Crippen molar-refractivity contribution in [2.45, 2.75) is 18.3 Å². The molecule has 0 aromatic heterocycles. The molecule has 136 valence electrons. The quantitative estimate of drug-likeness (QED) is 0.838. The van der Waals surface area contributed by atoms with E-state index in [1.54, 1.807) is 29.2 Å². The Kier molecular flexibility index (Phi) is 4.15. The molecule has 4 rings (SSSR count). The number of urea groups is 1. The van der Waals surface area contributed by atoms with Crippen LogP contribution < -0.4 is 10.2 Å². The SMILES string of the molecule is CN1CCC2(CC1)CN(C(=O)Nc1ccccc1F)c1ccc(F)cc12. The van der Waals surface area contributed by atoms with Crippen molar-refractivity contribution in [1.29, 1.82) is 0 Å². The molecule has 4 nitrogen and oxygen atoms in total. The van der Waals surface area contributed by atoms with Gasteiger partial charge in [0.2, 0.25) is 0 Å². The van der Waals surface area contributed by atoms with Crippen LogP contribution in [0.25, 0.3) is 0 Å². The third-order valence-electron chi connectivity index (χ3n) is 5.59. The van der Waals surface area contributed by atoms with E-state index < -0.39 is 11.8 Å². The van der Waals surface area contributed by atoms with Crippen molar-refractivity contribution in [3.8, 4) is 0 Å². The van der Waals surface area contributed by atoms with Crippen LogP contribution in [0.15, 0.2) is 42.5 Å². The van der Waals surface area contributed by atoms with Gasteiger partial charge in [-0.25, -0.2) is 13.6 Å². The minimum absolute atomic E-state index is 0.144. The van der Waals surface area contributed by atoms with Gasteiger partial charge in [0.15, 0.2) is 0 Å². The Morgan fingerprint density at radius 3 is 2.58 bits per heavy atom. The molecule has 0 aliphatic carbocycles. The summed E-state index contributed by atoms with van der Waals surface area (Å²) in [6, 6.07) is 10.3. The van der Waals surface area contributed by atoms with Gasteiger partial charge >= 0.3 is 6.03 Å². The molecule has 0 radical (unpaired) electrons. The van der Waals surface area contributed by atoms with Crippen LogP contribution in [-0.2, 0) is 5.41 Å². The number of amides is 2. The van der Waals surface area contributed by atoms with Gasteiger partial charge in [-0.3, -0.25) is 4.90 Å². The molecule has 2 amide bonds. The van der Waals surface area contributed by atoms with Crippen LogP contribution >= 0.6 is 0 Å². The van der Waals surface area contributed by atoms with Gasteiger partial charge < -0.3 is 10.2 Å². The van der Waals surface area contributed by atoms with E-state index in [-0.39, 0.29) is 16.9 Å². The summed E-state index contributed by atoms with van der Waals surface area (Å²) >= 11 is 0. The Labute approximate surface area is 151 Å². The number of piperidine rings is 1. The van der Waals surface area contributed by atoms with Crippen molar-refractivity contribution in [2.75, 3.05) is 36.9 Å². The van der Waals surface area contributed by atoms with Crippen molar-refractivity contribution in [3.05, 3.63) is 59.7 Å². The van der Waals surface area contributed by atoms with Gasteiger partial charge in [0.25, 0.3) is 0 Å². The molecule has 2 aromatic rings. The van der Waals surface area contributed by atoms with Crippen LogP contribution in [0.1, 0.15) is 18.4 Å². The summed E-state index contributed by atoms with van der Waals surface area (Å²) in [5.41, 5.74) is 1.50. The molecule has 0 saturated carbocycles. The number of likely N-dealkylation sites (tertiary alicyclic amines) is 1. The summed E-state index contributed by atoms with van der Waals surface area (Å²) in [6.45, 7) is 2.29. The number of benzene rings is 2. The molecule has 26 heavy (non-hydrogen) atoms. The number of hydrogen-bond donors (Lipinski definition) is 1. The maximum absolute atomic E-state index is 13.9. The fourth-order valence-electron chi connectivity index (χ4n) is 4.04. The first-order chi connectivity index (χ1) is 12.5. The second-order valence-electron chi connectivity index (χ2n) is 7.24. The molecular formula is C20H21F2N3O. The van der Waals surface area contributed by atoms with Crippen LogP contribution in [-0.4, -0.2) is 37.6 Å². The second kappa shape index (κ2) is 6.36. The van der Waals surface area contributed by atoms with E-state index in [1.807, 2.05) is 0 Å². The Bertz CT molecular complexity index is 847. The number of hydrogen-bond acceptors (Lipinski definition) is 2. The highest BCUT2D eigenvalue weighted by molar-refractivity contribution is 6.03. The molecule has 2 heterocycles. The first-order valence-corrected chi connectivity index (χ1v) is 8.80. The lowest BCUT2D eigenvalue weighted by Crippen LogP contribution is -2.45. The van der Waals surface area contributed by atoms with E-state index in [1.165, 1.54) is 18.2 Å². The van der Waals surface area contributed by atoms with Crippen LogP contribution in [0.5, 0.6) is 0 Å². The number of carbonyl (C=O) groups is 1. The molecule has 0 atom stereocenters. The van der Waals surface area contributed by atoms with Crippen LogP contribution in [0.4, 0.5) is 25.0 Å². The van der Waals surface area contributed by atoms with Crippen LogP contribution in [0.2, 0.25) is 0 Å². The van der Waals surface area contributed by atoms with Crippen molar-refractivity contribution in [3.63, 3.8) is 0 Å². The first kappa shape index (κ1) is 17.0. The number of halogens is 2. The third-order valence-corrected chi connectivity index (χ3v) is 5.59. The summed E-state index contributed by atoms with van der Waals surface area (Å²) in [4.78, 5) is 16.7. The predicted octanol–water partition coefficient (Wildman–Crippen LogP) is 3.98. The Morgan fingerprint density at radius 2 is 1.85 bits per heavy atom. The van der Waals surface area contributed by atoms with E-state index in [4.69, 9.17) is 0 Å². The fourth-order valence-corrected chi connectivity index (χ4v) is 4.04. The van der Waals surface area contributed by atoms with Crippen molar-refractivity contribution in [1.82, 2.24) is 4.90 Å². The number of fused-ring (bicyclic) bond motifs is 2. The highest BCUT2D eigenvalue weighted by Gasteiger charge is 2.46. The van der Waals surface area contributed by atoms with Crippen LogP contribution in [0.3, 0.4) is 0 Å². The van der Waals surface area contributed by atoms with E-state index in [2.05, 4.69) is 17.3 Å². The molecule has 0 bridgehead atoms. The number of carbonyl (C=O) groups excluding carboxylic acids is 1. The monoisotopic (exact) mass is 357 g/mol. The van der Waals surface area contributed by atoms with E-state index >= 15 is 0 Å². The number of para-hydroxylation sites is 1. The average Bonchev–Trinajstić information content (AvgIpc) is 2.94. The summed E-state index contributed by atoms with van der Waals surface area (Å²) in [5.74, 6) is -0.771. The summed E-state index contributed by atoms with van der Waals surface area (Å²) < 4.78 is 27.8. The van der Waals surface area contributed by atoms with E-state index in [0.29, 0.717) is 12.2 Å². The molecule has 1 spiro atoms. The average molecular weight is 357 g/mol. The molecule has 2 aliphatic rings. The topological polar surface area (TPSA) is 35.6 Å². The largest absolute Gasteiger partial charge is 0.326 e. The lowest BCUT2D eigenvalue weighted by molar-refractivity contribution is 0.196. The maximum atomic E-state index is 13.9. The lowest BCUT2D eigenvalue weighted by atomic mass is 9.74. The lowest BCUT2D eigenvalue weighted by Gasteiger charge is -2.38. The highest BCUT2D eigenvalue weighted by Crippen LogP contribution is 2.47. The van der Waals surface area contributed by atoms with Crippen molar-refractivity contribution < 1.29 is 13.6 Å².